The first-order chi connectivity index (χ1) is 12.4. The van der Waals surface area contributed by atoms with Gasteiger partial charge in [0.05, 0.1) is 37.0 Å². The van der Waals surface area contributed by atoms with Crippen molar-refractivity contribution < 1.29 is 28.4 Å². The van der Waals surface area contributed by atoms with Crippen LogP contribution in [0.25, 0.3) is 11.0 Å². The molecule has 2 aromatic rings. The van der Waals surface area contributed by atoms with Gasteiger partial charge in [0.15, 0.2) is 11.5 Å². The fourth-order valence-electron chi connectivity index (χ4n) is 3.29. The van der Waals surface area contributed by atoms with Crippen molar-refractivity contribution in [2.75, 3.05) is 32.1 Å². The monoisotopic (exact) mass is 367 g/mol. The fourth-order valence-corrected chi connectivity index (χ4v) is 3.29. The van der Waals surface area contributed by atoms with E-state index in [1.165, 1.54) is 20.2 Å². The highest BCUT2D eigenvalue weighted by atomic mass is 19.1. The van der Waals surface area contributed by atoms with Crippen molar-refractivity contribution in [3.8, 4) is 0 Å². The molecule has 2 atom stereocenters. The molecule has 1 aliphatic heterocycles. The molecule has 0 bridgehead atoms. The molecule has 26 heavy (non-hydrogen) atoms. The highest BCUT2D eigenvalue weighted by Crippen LogP contribution is 2.35. The minimum Gasteiger partial charge on any atom is -0.392 e. The summed E-state index contributed by atoms with van der Waals surface area (Å²) in [7, 11) is 2.75. The van der Waals surface area contributed by atoms with Crippen molar-refractivity contribution in [2.45, 2.75) is 32.7 Å². The van der Waals surface area contributed by atoms with Gasteiger partial charge in [0.1, 0.15) is 0 Å². The Hall–Kier alpha value is -2.23. The lowest BCUT2D eigenvalue weighted by molar-refractivity contribution is -0.0761. The predicted molar refractivity (Wildman–Crippen MR) is 91.2 cm³/mol. The first-order valence-electron chi connectivity index (χ1n) is 8.31. The number of carbonyl (C=O) groups is 1. The van der Waals surface area contributed by atoms with Gasteiger partial charge in [-0.15, -0.1) is 0 Å². The Morgan fingerprint density at radius 3 is 2.69 bits per heavy atom. The number of anilines is 1. The molecule has 1 N–H and O–H groups in total. The van der Waals surface area contributed by atoms with Crippen LogP contribution in [-0.2, 0) is 16.2 Å². The zero-order chi connectivity index (χ0) is 19.0. The zero-order valence-electron chi connectivity index (χ0n) is 15.2. The molecule has 1 amide bonds. The van der Waals surface area contributed by atoms with Gasteiger partial charge in [-0.1, -0.05) is 5.16 Å². The molecule has 2 heterocycles. The van der Waals surface area contributed by atoms with E-state index in [2.05, 4.69) is 5.16 Å². The molecular weight excluding hydrogens is 345 g/mol. The van der Waals surface area contributed by atoms with Gasteiger partial charge in [0.25, 0.3) is 5.91 Å². The van der Waals surface area contributed by atoms with Crippen molar-refractivity contribution in [1.29, 1.82) is 0 Å². The number of hydrogen-bond acceptors (Lipinski definition) is 7. The Balaban J connectivity index is 2.12. The molecule has 1 saturated heterocycles. The van der Waals surface area contributed by atoms with E-state index in [1.807, 2.05) is 18.7 Å². The molecule has 1 aliphatic rings. The van der Waals surface area contributed by atoms with E-state index in [4.69, 9.17) is 14.1 Å². The topological polar surface area (TPSA) is 88.3 Å². The quantitative estimate of drug-likeness (QED) is 0.823. The molecule has 0 unspecified atom stereocenters. The predicted octanol–water partition coefficient (Wildman–Crippen LogP) is 1.71. The van der Waals surface area contributed by atoms with Crippen LogP contribution in [0.2, 0.25) is 0 Å². The smallest absolute Gasteiger partial charge is 0.299 e. The molecule has 0 radical (unpaired) electrons. The lowest BCUT2D eigenvalue weighted by Gasteiger charge is -2.37. The van der Waals surface area contributed by atoms with E-state index >= 15 is 4.39 Å². The maximum absolute atomic E-state index is 15.2. The number of fused-ring (bicyclic) bond motifs is 1. The number of ether oxygens (including phenoxy) is 1. The summed E-state index contributed by atoms with van der Waals surface area (Å²) >= 11 is 0. The summed E-state index contributed by atoms with van der Waals surface area (Å²) in [6, 6.07) is 1.53. The van der Waals surface area contributed by atoms with Crippen LogP contribution in [0.1, 0.15) is 29.9 Å². The second kappa shape index (κ2) is 7.18. The lowest BCUT2D eigenvalue weighted by atomic mass is 10.1. The minimum absolute atomic E-state index is 0.0757. The highest BCUT2D eigenvalue weighted by molar-refractivity contribution is 6.04. The van der Waals surface area contributed by atoms with Crippen LogP contribution in [0.15, 0.2) is 10.6 Å². The number of halogens is 1. The molecule has 8 nitrogen and oxygen atoms in total. The first kappa shape index (κ1) is 18.6. The second-order valence-electron chi connectivity index (χ2n) is 6.41. The van der Waals surface area contributed by atoms with Crippen molar-refractivity contribution >= 4 is 22.6 Å². The summed E-state index contributed by atoms with van der Waals surface area (Å²) in [6.07, 6.45) is -0.162. The molecule has 0 saturated carbocycles. The van der Waals surface area contributed by atoms with E-state index in [9.17, 15) is 9.90 Å². The summed E-state index contributed by atoms with van der Waals surface area (Å²) in [5.74, 6) is -1.23. The van der Waals surface area contributed by atoms with Crippen LogP contribution in [0.5, 0.6) is 0 Å². The number of hydroxylamine groups is 2. The lowest BCUT2D eigenvalue weighted by Crippen LogP contribution is -2.46. The Morgan fingerprint density at radius 2 is 2.12 bits per heavy atom. The standard InChI is InChI=1S/C17H22FN3O5/c1-9-6-21(7-10(2)25-9)15-11(8-22)5-12-14(17(23)20(3)24-4)19-26-16(12)13(15)18/h5,9-10,22H,6-8H2,1-4H3/t9-,10+. The number of rotatable bonds is 4. The van der Waals surface area contributed by atoms with Crippen LogP contribution >= 0.6 is 0 Å². The average Bonchev–Trinajstić information content (AvgIpc) is 3.03. The number of aromatic nitrogens is 1. The van der Waals surface area contributed by atoms with Gasteiger partial charge >= 0.3 is 0 Å². The van der Waals surface area contributed by atoms with Gasteiger partial charge in [-0.05, 0) is 19.9 Å². The number of aliphatic hydroxyl groups excluding tert-OH is 1. The molecule has 9 heteroatoms. The van der Waals surface area contributed by atoms with Gasteiger partial charge < -0.3 is 19.3 Å². The second-order valence-corrected chi connectivity index (χ2v) is 6.41. The SMILES string of the molecule is CON(C)C(=O)c1noc2c(F)c(N3C[C@@H](C)O[C@@H](C)C3)c(CO)cc12. The Bertz CT molecular complexity index is 814. The Morgan fingerprint density at radius 1 is 1.46 bits per heavy atom. The average molecular weight is 367 g/mol. The van der Waals surface area contributed by atoms with Crippen molar-refractivity contribution in [3.63, 3.8) is 0 Å². The molecule has 3 rings (SSSR count). The third-order valence-electron chi connectivity index (χ3n) is 4.43. The number of aliphatic hydroxyl groups is 1. The summed E-state index contributed by atoms with van der Waals surface area (Å²) < 4.78 is 26.0. The normalized spacial score (nSPS) is 20.6. The largest absolute Gasteiger partial charge is 0.392 e. The molecule has 1 fully saturated rings. The maximum atomic E-state index is 15.2. The molecule has 1 aromatic carbocycles. The molecule has 0 spiro atoms. The fraction of sp³-hybridized carbons (Fsp3) is 0.529. The van der Waals surface area contributed by atoms with E-state index in [-0.39, 0.29) is 41.2 Å². The Kier molecular flexibility index (Phi) is 5.12. The van der Waals surface area contributed by atoms with E-state index < -0.39 is 11.7 Å². The molecule has 142 valence electrons. The van der Waals surface area contributed by atoms with E-state index in [1.54, 1.807) is 0 Å². The van der Waals surface area contributed by atoms with Crippen molar-refractivity contribution in [3.05, 3.63) is 23.1 Å². The number of benzene rings is 1. The maximum Gasteiger partial charge on any atom is 0.299 e. The first-order valence-corrected chi connectivity index (χ1v) is 8.31. The summed E-state index contributed by atoms with van der Waals surface area (Å²) in [5.41, 5.74) is 0.399. The van der Waals surface area contributed by atoms with Crippen LogP contribution in [0.4, 0.5) is 10.1 Å². The van der Waals surface area contributed by atoms with E-state index in [0.29, 0.717) is 18.7 Å². The molecular formula is C17H22FN3O5. The highest BCUT2D eigenvalue weighted by Gasteiger charge is 2.30. The third-order valence-corrected chi connectivity index (χ3v) is 4.43. The van der Waals surface area contributed by atoms with Gasteiger partial charge in [-0.2, -0.15) is 0 Å². The van der Waals surface area contributed by atoms with Crippen LogP contribution in [0, 0.1) is 5.82 Å². The van der Waals surface area contributed by atoms with Gasteiger partial charge in [-0.25, -0.2) is 9.45 Å². The summed E-state index contributed by atoms with van der Waals surface area (Å²) in [6.45, 7) is 4.38. The number of amides is 1. The molecule has 1 aromatic heterocycles. The van der Waals surface area contributed by atoms with Crippen LogP contribution in [-0.4, -0.2) is 60.7 Å². The zero-order valence-corrected chi connectivity index (χ0v) is 15.2. The summed E-state index contributed by atoms with van der Waals surface area (Å²) in [5, 5.41) is 14.7. The van der Waals surface area contributed by atoms with Gasteiger partial charge in [-0.3, -0.25) is 9.63 Å². The molecule has 0 aliphatic carbocycles. The van der Waals surface area contributed by atoms with Crippen molar-refractivity contribution in [2.24, 2.45) is 0 Å². The number of morpholine rings is 1. The number of hydrogen-bond donors (Lipinski definition) is 1. The van der Waals surface area contributed by atoms with Gasteiger partial charge in [0, 0.05) is 25.7 Å². The Labute approximate surface area is 150 Å². The summed E-state index contributed by atoms with van der Waals surface area (Å²) in [4.78, 5) is 19.0. The minimum atomic E-state index is -0.653. The van der Waals surface area contributed by atoms with Crippen molar-refractivity contribution in [1.82, 2.24) is 10.2 Å². The number of nitrogens with zero attached hydrogens (tertiary/aromatic N) is 3. The van der Waals surface area contributed by atoms with Crippen LogP contribution in [0.3, 0.4) is 0 Å². The number of carbonyl (C=O) groups excluding carboxylic acids is 1. The van der Waals surface area contributed by atoms with E-state index in [0.717, 1.165) is 5.06 Å². The van der Waals surface area contributed by atoms with Crippen LogP contribution < -0.4 is 4.90 Å². The van der Waals surface area contributed by atoms with Gasteiger partial charge in [0.2, 0.25) is 5.58 Å². The third kappa shape index (κ3) is 3.13.